The van der Waals surface area contributed by atoms with E-state index in [0.717, 1.165) is 56.5 Å². The zero-order chi connectivity index (χ0) is 19.0. The van der Waals surface area contributed by atoms with E-state index < -0.39 is 11.7 Å². The van der Waals surface area contributed by atoms with Gasteiger partial charge in [0.25, 0.3) is 0 Å². The smallest absolute Gasteiger partial charge is 0.337 e. The van der Waals surface area contributed by atoms with E-state index in [0.29, 0.717) is 24.3 Å². The fourth-order valence-corrected chi connectivity index (χ4v) is 4.05. The standard InChI is InChI=1S/C20H22F3N3O/c21-20(22,23)16-8-6-14(7-9-16)18-12-17-13-25(10-3-11-26(17)24-18)19(27)15-4-1-2-5-15/h6-9,12,15H,1-5,10-11,13H2. The van der Waals surface area contributed by atoms with Crippen LogP contribution in [0.25, 0.3) is 11.3 Å². The molecule has 2 heterocycles. The van der Waals surface area contributed by atoms with Crippen molar-refractivity contribution in [1.82, 2.24) is 14.7 Å². The molecule has 1 fully saturated rings. The Bertz CT molecular complexity index is 820. The predicted molar refractivity (Wildman–Crippen MR) is 94.7 cm³/mol. The van der Waals surface area contributed by atoms with E-state index in [-0.39, 0.29) is 11.8 Å². The van der Waals surface area contributed by atoms with Gasteiger partial charge in [-0.3, -0.25) is 9.48 Å². The van der Waals surface area contributed by atoms with Gasteiger partial charge in [0, 0.05) is 24.6 Å². The normalized spacial score (nSPS) is 18.4. The summed E-state index contributed by atoms with van der Waals surface area (Å²) in [6.07, 6.45) is 0.696. The van der Waals surface area contributed by atoms with E-state index in [9.17, 15) is 18.0 Å². The van der Waals surface area contributed by atoms with E-state index >= 15 is 0 Å². The Kier molecular flexibility index (Phi) is 4.70. The van der Waals surface area contributed by atoms with Gasteiger partial charge in [0.2, 0.25) is 5.91 Å². The van der Waals surface area contributed by atoms with Gasteiger partial charge in [-0.15, -0.1) is 0 Å². The van der Waals surface area contributed by atoms with Crippen molar-refractivity contribution >= 4 is 5.91 Å². The van der Waals surface area contributed by atoms with Gasteiger partial charge in [-0.1, -0.05) is 25.0 Å². The molecule has 7 heteroatoms. The fourth-order valence-electron chi connectivity index (χ4n) is 4.05. The molecule has 27 heavy (non-hydrogen) atoms. The molecule has 1 aromatic heterocycles. The number of alkyl halides is 3. The Morgan fingerprint density at radius 2 is 1.74 bits per heavy atom. The first-order valence-electron chi connectivity index (χ1n) is 9.45. The lowest BCUT2D eigenvalue weighted by Crippen LogP contribution is -2.35. The van der Waals surface area contributed by atoms with Gasteiger partial charge in [-0.2, -0.15) is 18.3 Å². The molecular weight excluding hydrogens is 355 g/mol. The molecule has 1 aliphatic carbocycles. The van der Waals surface area contributed by atoms with Gasteiger partial charge in [-0.05, 0) is 37.5 Å². The van der Waals surface area contributed by atoms with E-state index in [1.54, 1.807) is 0 Å². The van der Waals surface area contributed by atoms with E-state index in [2.05, 4.69) is 5.10 Å². The molecule has 0 atom stereocenters. The van der Waals surface area contributed by atoms with Crippen molar-refractivity contribution in [2.45, 2.75) is 51.4 Å². The summed E-state index contributed by atoms with van der Waals surface area (Å²) in [5.41, 5.74) is 1.57. The summed E-state index contributed by atoms with van der Waals surface area (Å²) >= 11 is 0. The third-order valence-electron chi connectivity index (χ3n) is 5.54. The SMILES string of the molecule is O=C(C1CCCC1)N1CCCn2nc(-c3ccc(C(F)(F)F)cc3)cc2C1. The zero-order valence-corrected chi connectivity index (χ0v) is 15.0. The number of hydrogen-bond donors (Lipinski definition) is 0. The first kappa shape index (κ1) is 18.1. The van der Waals surface area contributed by atoms with E-state index in [1.165, 1.54) is 12.1 Å². The number of halogens is 3. The summed E-state index contributed by atoms with van der Waals surface area (Å²) in [5, 5.41) is 4.56. The van der Waals surface area contributed by atoms with E-state index in [1.807, 2.05) is 15.6 Å². The lowest BCUT2D eigenvalue weighted by molar-refractivity contribution is -0.137. The molecule has 0 unspecified atom stereocenters. The number of aromatic nitrogens is 2. The van der Waals surface area contributed by atoms with Crippen molar-refractivity contribution in [2.24, 2.45) is 5.92 Å². The monoisotopic (exact) mass is 377 g/mol. The molecular formula is C20H22F3N3O. The highest BCUT2D eigenvalue weighted by molar-refractivity contribution is 5.79. The molecule has 2 aromatic rings. The number of benzene rings is 1. The summed E-state index contributed by atoms with van der Waals surface area (Å²) in [4.78, 5) is 14.7. The van der Waals surface area contributed by atoms with Crippen LogP contribution in [0.3, 0.4) is 0 Å². The quantitative estimate of drug-likeness (QED) is 0.773. The molecule has 4 rings (SSSR count). The molecule has 0 N–H and O–H groups in total. The van der Waals surface area contributed by atoms with Crippen molar-refractivity contribution in [2.75, 3.05) is 6.54 Å². The fraction of sp³-hybridized carbons (Fsp3) is 0.500. The van der Waals surface area contributed by atoms with Crippen molar-refractivity contribution in [3.8, 4) is 11.3 Å². The summed E-state index contributed by atoms with van der Waals surface area (Å²) in [6, 6.07) is 6.95. The Labute approximate surface area is 156 Å². The number of fused-ring (bicyclic) bond motifs is 1. The van der Waals surface area contributed by atoms with Gasteiger partial charge >= 0.3 is 6.18 Å². The number of amides is 1. The van der Waals surface area contributed by atoms with Gasteiger partial charge in [-0.25, -0.2) is 0 Å². The molecule has 0 saturated heterocycles. The second-order valence-electron chi connectivity index (χ2n) is 7.41. The highest BCUT2D eigenvalue weighted by Gasteiger charge is 2.31. The predicted octanol–water partition coefficient (Wildman–Crippen LogP) is 4.49. The largest absolute Gasteiger partial charge is 0.416 e. The third-order valence-corrected chi connectivity index (χ3v) is 5.54. The maximum Gasteiger partial charge on any atom is 0.416 e. The lowest BCUT2D eigenvalue weighted by atomic mass is 10.1. The summed E-state index contributed by atoms with van der Waals surface area (Å²) in [5.74, 6) is 0.382. The summed E-state index contributed by atoms with van der Waals surface area (Å²) in [7, 11) is 0. The van der Waals surface area contributed by atoms with Gasteiger partial charge in [0.15, 0.2) is 0 Å². The highest BCUT2D eigenvalue weighted by Crippen LogP contribution is 2.32. The first-order chi connectivity index (χ1) is 12.9. The van der Waals surface area contributed by atoms with Crippen LogP contribution in [-0.2, 0) is 24.1 Å². The van der Waals surface area contributed by atoms with Gasteiger partial charge in [0.05, 0.1) is 23.5 Å². The average molecular weight is 377 g/mol. The minimum absolute atomic E-state index is 0.147. The van der Waals surface area contributed by atoms with Crippen molar-refractivity contribution < 1.29 is 18.0 Å². The Balaban J connectivity index is 1.54. The van der Waals surface area contributed by atoms with Crippen LogP contribution in [0.2, 0.25) is 0 Å². The molecule has 0 spiro atoms. The summed E-state index contributed by atoms with van der Waals surface area (Å²) in [6.45, 7) is 1.96. The number of rotatable bonds is 2. The summed E-state index contributed by atoms with van der Waals surface area (Å²) < 4.78 is 40.1. The van der Waals surface area contributed by atoms with Crippen LogP contribution in [0, 0.1) is 5.92 Å². The number of carbonyl (C=O) groups is 1. The van der Waals surface area contributed by atoms with Crippen molar-refractivity contribution in [3.05, 3.63) is 41.6 Å². The Morgan fingerprint density at radius 3 is 2.41 bits per heavy atom. The molecule has 1 saturated carbocycles. The second kappa shape index (κ2) is 7.02. The molecule has 1 aliphatic heterocycles. The van der Waals surface area contributed by atoms with Gasteiger partial charge < -0.3 is 4.90 Å². The molecule has 0 bridgehead atoms. The van der Waals surface area contributed by atoms with Crippen LogP contribution in [0.5, 0.6) is 0 Å². The van der Waals surface area contributed by atoms with Gasteiger partial charge in [0.1, 0.15) is 0 Å². The Hall–Kier alpha value is -2.31. The maximum atomic E-state index is 12.8. The van der Waals surface area contributed by atoms with Crippen LogP contribution in [0.4, 0.5) is 13.2 Å². The average Bonchev–Trinajstić information content (AvgIpc) is 3.27. The minimum Gasteiger partial charge on any atom is -0.337 e. The minimum atomic E-state index is -4.34. The van der Waals surface area contributed by atoms with E-state index in [4.69, 9.17) is 0 Å². The lowest BCUT2D eigenvalue weighted by Gasteiger charge is -2.23. The molecule has 144 valence electrons. The maximum absolute atomic E-state index is 12.8. The second-order valence-corrected chi connectivity index (χ2v) is 7.41. The van der Waals surface area contributed by atoms with Crippen LogP contribution >= 0.6 is 0 Å². The van der Waals surface area contributed by atoms with Crippen LogP contribution in [0.15, 0.2) is 30.3 Å². The van der Waals surface area contributed by atoms with Crippen molar-refractivity contribution in [1.29, 1.82) is 0 Å². The Morgan fingerprint density at radius 1 is 1.04 bits per heavy atom. The molecule has 1 amide bonds. The third kappa shape index (κ3) is 3.73. The molecule has 4 nitrogen and oxygen atoms in total. The number of hydrogen-bond acceptors (Lipinski definition) is 2. The van der Waals surface area contributed by atoms with Crippen LogP contribution < -0.4 is 0 Å². The first-order valence-corrected chi connectivity index (χ1v) is 9.45. The molecule has 1 aromatic carbocycles. The molecule has 0 radical (unpaired) electrons. The van der Waals surface area contributed by atoms with Crippen LogP contribution in [0.1, 0.15) is 43.4 Å². The highest BCUT2D eigenvalue weighted by atomic mass is 19.4. The number of carbonyl (C=O) groups excluding carboxylic acids is 1. The number of nitrogens with zero attached hydrogens (tertiary/aromatic N) is 3. The zero-order valence-electron chi connectivity index (χ0n) is 15.0. The van der Waals surface area contributed by atoms with Crippen LogP contribution in [-0.4, -0.2) is 27.1 Å². The number of aryl methyl sites for hydroxylation is 1. The molecule has 2 aliphatic rings. The topological polar surface area (TPSA) is 38.1 Å². The van der Waals surface area contributed by atoms with Crippen molar-refractivity contribution in [3.63, 3.8) is 0 Å².